The first-order valence-corrected chi connectivity index (χ1v) is 4.47. The van der Waals surface area contributed by atoms with E-state index < -0.39 is 0 Å². The van der Waals surface area contributed by atoms with Crippen LogP contribution in [-0.4, -0.2) is 28.5 Å². The van der Waals surface area contributed by atoms with Crippen LogP contribution in [0, 0.1) is 6.92 Å². The Hall–Kier alpha value is -1.16. The lowest BCUT2D eigenvalue weighted by atomic mass is 10.1. The predicted octanol–water partition coefficient (Wildman–Crippen LogP) is 0.355. The van der Waals surface area contributed by atoms with Crippen LogP contribution in [-0.2, 0) is 13.0 Å². The first-order chi connectivity index (χ1) is 6.16. The molecule has 0 aromatic carbocycles. The maximum Gasteiger partial charge on any atom is 0.220 e. The van der Waals surface area contributed by atoms with Crippen LogP contribution in [0.4, 0.5) is 5.95 Å². The molecule has 1 aromatic heterocycles. The minimum Gasteiger partial charge on any atom is -0.368 e. The van der Waals surface area contributed by atoms with E-state index in [1.165, 1.54) is 5.56 Å². The molecular weight excluding hydrogens is 164 g/mol. The van der Waals surface area contributed by atoms with E-state index in [1.807, 2.05) is 6.92 Å². The van der Waals surface area contributed by atoms with E-state index in [0.717, 1.165) is 30.9 Å². The van der Waals surface area contributed by atoms with Gasteiger partial charge in [0.05, 0.1) is 5.69 Å². The van der Waals surface area contributed by atoms with Crippen molar-refractivity contribution in [2.75, 3.05) is 19.3 Å². The van der Waals surface area contributed by atoms with Gasteiger partial charge in [-0.2, -0.15) is 0 Å². The lowest BCUT2D eigenvalue weighted by Crippen LogP contribution is -2.28. The number of rotatable bonds is 0. The summed E-state index contributed by atoms with van der Waals surface area (Å²) in [6.45, 7) is 4.00. The molecule has 2 rings (SSSR count). The van der Waals surface area contributed by atoms with Gasteiger partial charge in [-0.15, -0.1) is 0 Å². The standard InChI is InChI=1S/C9H14N4/c1-6-7-5-13(2)4-3-8(7)12-9(10)11-6/h3-5H2,1-2H3,(H2,10,11,12). The van der Waals surface area contributed by atoms with Crippen LogP contribution in [0.2, 0.25) is 0 Å². The Labute approximate surface area is 77.8 Å². The van der Waals surface area contributed by atoms with E-state index in [9.17, 15) is 0 Å². The molecule has 0 saturated carbocycles. The fourth-order valence-corrected chi connectivity index (χ4v) is 1.74. The molecule has 1 aliphatic rings. The van der Waals surface area contributed by atoms with Crippen molar-refractivity contribution in [3.05, 3.63) is 17.0 Å². The number of anilines is 1. The molecule has 70 valence electrons. The van der Waals surface area contributed by atoms with Crippen LogP contribution < -0.4 is 5.73 Å². The summed E-state index contributed by atoms with van der Waals surface area (Å²) in [5.41, 5.74) is 8.98. The number of likely N-dealkylation sites (N-methyl/N-ethyl adjacent to an activating group) is 1. The van der Waals surface area contributed by atoms with Gasteiger partial charge in [0, 0.05) is 30.8 Å². The first-order valence-electron chi connectivity index (χ1n) is 4.47. The Balaban J connectivity index is 2.47. The van der Waals surface area contributed by atoms with Crippen molar-refractivity contribution < 1.29 is 0 Å². The second-order valence-electron chi connectivity index (χ2n) is 3.58. The van der Waals surface area contributed by atoms with Crippen LogP contribution >= 0.6 is 0 Å². The fraction of sp³-hybridized carbons (Fsp3) is 0.556. The highest BCUT2D eigenvalue weighted by molar-refractivity contribution is 5.32. The largest absolute Gasteiger partial charge is 0.368 e. The molecule has 0 atom stereocenters. The minimum absolute atomic E-state index is 0.404. The van der Waals surface area contributed by atoms with Gasteiger partial charge in [-0.25, -0.2) is 9.97 Å². The molecule has 0 unspecified atom stereocenters. The number of hydrogen-bond acceptors (Lipinski definition) is 4. The average molecular weight is 178 g/mol. The summed E-state index contributed by atoms with van der Waals surface area (Å²) in [4.78, 5) is 10.7. The lowest BCUT2D eigenvalue weighted by molar-refractivity contribution is 0.308. The highest BCUT2D eigenvalue weighted by atomic mass is 15.1. The molecule has 0 bridgehead atoms. The van der Waals surface area contributed by atoms with E-state index in [0.29, 0.717) is 5.95 Å². The molecule has 13 heavy (non-hydrogen) atoms. The molecular formula is C9H14N4. The van der Waals surface area contributed by atoms with Crippen LogP contribution in [0.15, 0.2) is 0 Å². The van der Waals surface area contributed by atoms with Crippen molar-refractivity contribution in [3.63, 3.8) is 0 Å². The third kappa shape index (κ3) is 1.49. The third-order valence-corrected chi connectivity index (χ3v) is 2.48. The van der Waals surface area contributed by atoms with E-state index in [4.69, 9.17) is 5.73 Å². The molecule has 4 heteroatoms. The number of nitrogen functional groups attached to an aromatic ring is 1. The number of hydrogen-bond donors (Lipinski definition) is 1. The third-order valence-electron chi connectivity index (χ3n) is 2.48. The van der Waals surface area contributed by atoms with Crippen molar-refractivity contribution in [3.8, 4) is 0 Å². The summed E-state index contributed by atoms with van der Waals surface area (Å²) in [7, 11) is 2.11. The Kier molecular flexibility index (Phi) is 1.92. The van der Waals surface area contributed by atoms with E-state index in [1.54, 1.807) is 0 Å². The maximum absolute atomic E-state index is 5.58. The lowest BCUT2D eigenvalue weighted by Gasteiger charge is -2.25. The van der Waals surface area contributed by atoms with E-state index in [2.05, 4.69) is 21.9 Å². The molecule has 0 spiro atoms. The number of aromatic nitrogens is 2. The Morgan fingerprint density at radius 2 is 2.15 bits per heavy atom. The number of aryl methyl sites for hydroxylation is 1. The molecule has 1 aliphatic heterocycles. The van der Waals surface area contributed by atoms with Crippen molar-refractivity contribution in [1.29, 1.82) is 0 Å². The average Bonchev–Trinajstić information content (AvgIpc) is 2.06. The minimum atomic E-state index is 0.404. The molecule has 4 nitrogen and oxygen atoms in total. The van der Waals surface area contributed by atoms with Gasteiger partial charge < -0.3 is 10.6 Å². The molecule has 1 aromatic rings. The molecule has 0 radical (unpaired) electrons. The van der Waals surface area contributed by atoms with Crippen LogP contribution in [0.25, 0.3) is 0 Å². The van der Waals surface area contributed by atoms with E-state index >= 15 is 0 Å². The molecule has 0 amide bonds. The number of fused-ring (bicyclic) bond motifs is 1. The summed E-state index contributed by atoms with van der Waals surface area (Å²) in [6, 6.07) is 0. The number of nitrogens with two attached hydrogens (primary N) is 1. The van der Waals surface area contributed by atoms with Gasteiger partial charge in [-0.1, -0.05) is 0 Å². The zero-order valence-corrected chi connectivity index (χ0v) is 8.04. The second kappa shape index (κ2) is 2.96. The van der Waals surface area contributed by atoms with Crippen LogP contribution in [0.5, 0.6) is 0 Å². The molecule has 2 heterocycles. The van der Waals surface area contributed by atoms with E-state index in [-0.39, 0.29) is 0 Å². The molecule has 0 saturated heterocycles. The Morgan fingerprint density at radius 1 is 1.38 bits per heavy atom. The van der Waals surface area contributed by atoms with Gasteiger partial charge in [-0.3, -0.25) is 0 Å². The zero-order valence-electron chi connectivity index (χ0n) is 8.04. The van der Waals surface area contributed by atoms with Crippen molar-refractivity contribution in [2.24, 2.45) is 0 Å². The van der Waals surface area contributed by atoms with Gasteiger partial charge in [-0.05, 0) is 14.0 Å². The van der Waals surface area contributed by atoms with Gasteiger partial charge in [0.25, 0.3) is 0 Å². The normalized spacial score (nSPS) is 17.1. The maximum atomic E-state index is 5.58. The fourth-order valence-electron chi connectivity index (χ4n) is 1.74. The quantitative estimate of drug-likeness (QED) is 0.623. The second-order valence-corrected chi connectivity index (χ2v) is 3.58. The smallest absolute Gasteiger partial charge is 0.220 e. The van der Waals surface area contributed by atoms with Crippen molar-refractivity contribution >= 4 is 5.95 Å². The summed E-state index contributed by atoms with van der Waals surface area (Å²) >= 11 is 0. The van der Waals surface area contributed by atoms with Crippen LogP contribution in [0.1, 0.15) is 17.0 Å². The Bertz CT molecular complexity index is 335. The SMILES string of the molecule is Cc1nc(N)nc2c1CN(C)CC2. The molecule has 2 N–H and O–H groups in total. The predicted molar refractivity (Wildman–Crippen MR) is 51.2 cm³/mol. The molecule has 0 aliphatic carbocycles. The highest BCUT2D eigenvalue weighted by Crippen LogP contribution is 2.18. The topological polar surface area (TPSA) is 55.0 Å². The van der Waals surface area contributed by atoms with Gasteiger partial charge in [0.15, 0.2) is 0 Å². The van der Waals surface area contributed by atoms with Crippen molar-refractivity contribution in [1.82, 2.24) is 14.9 Å². The van der Waals surface area contributed by atoms with Gasteiger partial charge in [0.2, 0.25) is 5.95 Å². The summed E-state index contributed by atoms with van der Waals surface area (Å²) in [5, 5.41) is 0. The summed E-state index contributed by atoms with van der Waals surface area (Å²) in [6.07, 6.45) is 0.986. The monoisotopic (exact) mass is 178 g/mol. The first kappa shape index (κ1) is 8.44. The van der Waals surface area contributed by atoms with Crippen LogP contribution in [0.3, 0.4) is 0 Å². The van der Waals surface area contributed by atoms with Crippen molar-refractivity contribution in [2.45, 2.75) is 19.9 Å². The highest BCUT2D eigenvalue weighted by Gasteiger charge is 2.17. The molecule has 0 fully saturated rings. The zero-order chi connectivity index (χ0) is 9.42. The Morgan fingerprint density at radius 3 is 2.92 bits per heavy atom. The number of nitrogens with zero attached hydrogens (tertiary/aromatic N) is 3. The summed E-state index contributed by atoms with van der Waals surface area (Å²) < 4.78 is 0. The van der Waals surface area contributed by atoms with Gasteiger partial charge in [0.1, 0.15) is 0 Å². The van der Waals surface area contributed by atoms with Gasteiger partial charge >= 0.3 is 0 Å². The summed E-state index contributed by atoms with van der Waals surface area (Å²) in [5.74, 6) is 0.404.